The first kappa shape index (κ1) is 16.6. The third kappa shape index (κ3) is 3.24. The molecule has 0 bridgehead atoms. The number of rotatable bonds is 3. The van der Waals surface area contributed by atoms with Gasteiger partial charge in [0.2, 0.25) is 0 Å². The Bertz CT molecular complexity index is 767. The number of benzene rings is 1. The molecule has 0 saturated carbocycles. The van der Waals surface area contributed by atoms with Gasteiger partial charge in [0.1, 0.15) is 0 Å². The van der Waals surface area contributed by atoms with E-state index in [4.69, 9.17) is 9.78 Å². The van der Waals surface area contributed by atoms with Crippen LogP contribution in [0, 0.1) is 5.92 Å². The van der Waals surface area contributed by atoms with Crippen LogP contribution >= 0.6 is 11.3 Å². The number of hydrogen-bond acceptors (Lipinski definition) is 5. The van der Waals surface area contributed by atoms with Gasteiger partial charge < -0.3 is 9.79 Å². The molecular formula is C21H26N2O2S. The Balaban J connectivity index is 1.20. The maximum atomic E-state index is 5.36. The Labute approximate surface area is 159 Å². The first-order valence-electron chi connectivity index (χ1n) is 9.81. The molecule has 1 aromatic heterocycles. The highest BCUT2D eigenvalue weighted by Crippen LogP contribution is 2.34. The predicted molar refractivity (Wildman–Crippen MR) is 105 cm³/mol. The molecule has 1 aliphatic carbocycles. The van der Waals surface area contributed by atoms with Gasteiger partial charge in [-0.2, -0.15) is 4.89 Å². The first-order valence-corrected chi connectivity index (χ1v) is 10.7. The van der Waals surface area contributed by atoms with Crippen molar-refractivity contribution in [2.75, 3.05) is 44.2 Å². The van der Waals surface area contributed by atoms with Gasteiger partial charge in [0.25, 0.3) is 0 Å². The molecule has 1 aromatic carbocycles. The number of fused-ring (bicyclic) bond motifs is 2. The third-order valence-electron chi connectivity index (χ3n) is 6.05. The van der Waals surface area contributed by atoms with Gasteiger partial charge in [-0.1, -0.05) is 6.07 Å². The molecule has 0 N–H and O–H groups in total. The van der Waals surface area contributed by atoms with Crippen LogP contribution < -0.4 is 9.79 Å². The molecule has 5 heteroatoms. The number of anilines is 1. The van der Waals surface area contributed by atoms with Gasteiger partial charge in [-0.3, -0.25) is 4.90 Å². The Kier molecular flexibility index (Phi) is 4.61. The molecule has 5 rings (SSSR count). The zero-order chi connectivity index (χ0) is 17.3. The summed E-state index contributed by atoms with van der Waals surface area (Å²) in [6.07, 6.45) is 4.87. The van der Waals surface area contributed by atoms with Gasteiger partial charge in [-0.25, -0.2) is 0 Å². The van der Waals surface area contributed by atoms with E-state index in [2.05, 4.69) is 33.4 Å². The lowest BCUT2D eigenvalue weighted by atomic mass is 9.88. The zero-order valence-electron chi connectivity index (χ0n) is 15.2. The maximum Gasteiger partial charge on any atom is 0.170 e. The minimum Gasteiger partial charge on any atom is -0.369 e. The highest BCUT2D eigenvalue weighted by atomic mass is 32.1. The second-order valence-electron chi connectivity index (χ2n) is 7.67. The second-order valence-corrected chi connectivity index (χ2v) is 8.68. The summed E-state index contributed by atoms with van der Waals surface area (Å²) in [5.41, 5.74) is 4.26. The summed E-state index contributed by atoms with van der Waals surface area (Å²) in [7, 11) is 0. The molecule has 1 atom stereocenters. The average Bonchev–Trinajstić information content (AvgIpc) is 3.16. The molecule has 2 aliphatic heterocycles. The van der Waals surface area contributed by atoms with E-state index < -0.39 is 0 Å². The molecule has 0 unspecified atom stereocenters. The molecular weight excluding hydrogens is 344 g/mol. The molecule has 1 fully saturated rings. The lowest BCUT2D eigenvalue weighted by Crippen LogP contribution is -2.48. The molecule has 0 spiro atoms. The Morgan fingerprint density at radius 2 is 2.00 bits per heavy atom. The van der Waals surface area contributed by atoms with Crippen molar-refractivity contribution >= 4 is 17.0 Å². The lowest BCUT2D eigenvalue weighted by Gasteiger charge is -2.39. The minimum absolute atomic E-state index is 0.649. The van der Waals surface area contributed by atoms with Crippen LogP contribution in [0.5, 0.6) is 5.75 Å². The van der Waals surface area contributed by atoms with E-state index in [1.54, 1.807) is 10.4 Å². The largest absolute Gasteiger partial charge is 0.369 e. The summed E-state index contributed by atoms with van der Waals surface area (Å²) in [5.74, 6) is 1.73. The topological polar surface area (TPSA) is 24.9 Å². The quantitative estimate of drug-likeness (QED) is 0.772. The summed E-state index contributed by atoms with van der Waals surface area (Å²) in [4.78, 5) is 17.3. The van der Waals surface area contributed by atoms with Crippen LogP contribution in [0.2, 0.25) is 0 Å². The van der Waals surface area contributed by atoms with Gasteiger partial charge in [0.15, 0.2) is 5.75 Å². The van der Waals surface area contributed by atoms with Crippen molar-refractivity contribution in [1.29, 1.82) is 0 Å². The number of hydrogen-bond donors (Lipinski definition) is 0. The number of nitrogens with zero attached hydrogens (tertiary/aromatic N) is 2. The highest BCUT2D eigenvalue weighted by molar-refractivity contribution is 7.10. The van der Waals surface area contributed by atoms with Crippen LogP contribution in [0.4, 0.5) is 5.69 Å². The fourth-order valence-electron chi connectivity index (χ4n) is 4.64. The Morgan fingerprint density at radius 3 is 2.92 bits per heavy atom. The van der Waals surface area contributed by atoms with Crippen LogP contribution in [0.3, 0.4) is 0 Å². The van der Waals surface area contributed by atoms with E-state index in [1.165, 1.54) is 37.1 Å². The number of piperazine rings is 1. The molecule has 0 amide bonds. The fourth-order valence-corrected chi connectivity index (χ4v) is 5.57. The van der Waals surface area contributed by atoms with E-state index >= 15 is 0 Å². The predicted octanol–water partition coefficient (Wildman–Crippen LogP) is 3.54. The van der Waals surface area contributed by atoms with Crippen LogP contribution in [0.1, 0.15) is 22.4 Å². The van der Waals surface area contributed by atoms with Crippen molar-refractivity contribution < 1.29 is 9.78 Å². The van der Waals surface area contributed by atoms with Crippen LogP contribution in [-0.4, -0.2) is 44.2 Å². The van der Waals surface area contributed by atoms with Gasteiger partial charge in [-0.05, 0) is 54.3 Å². The van der Waals surface area contributed by atoms with Gasteiger partial charge in [0.05, 0.1) is 6.61 Å². The van der Waals surface area contributed by atoms with E-state index in [0.29, 0.717) is 6.61 Å². The van der Waals surface area contributed by atoms with Crippen molar-refractivity contribution in [1.82, 2.24) is 4.90 Å². The van der Waals surface area contributed by atoms with Crippen molar-refractivity contribution in [3.05, 3.63) is 45.6 Å². The summed E-state index contributed by atoms with van der Waals surface area (Å²) < 4.78 is 0. The average molecular weight is 371 g/mol. The highest BCUT2D eigenvalue weighted by Gasteiger charge is 2.26. The van der Waals surface area contributed by atoms with Gasteiger partial charge in [0, 0.05) is 55.3 Å². The van der Waals surface area contributed by atoms with Gasteiger partial charge in [-0.15, -0.1) is 11.3 Å². The van der Waals surface area contributed by atoms with E-state index in [9.17, 15) is 0 Å². The number of thiophene rings is 1. The Hall–Kier alpha value is -1.56. The summed E-state index contributed by atoms with van der Waals surface area (Å²) in [5, 5.41) is 2.26. The smallest absolute Gasteiger partial charge is 0.170 e. The van der Waals surface area contributed by atoms with E-state index in [-0.39, 0.29) is 0 Å². The first-order chi connectivity index (χ1) is 12.9. The maximum absolute atomic E-state index is 5.36. The molecule has 3 aliphatic rings. The van der Waals surface area contributed by atoms with Crippen molar-refractivity contribution in [2.45, 2.75) is 25.7 Å². The lowest BCUT2D eigenvalue weighted by molar-refractivity contribution is -0.215. The summed E-state index contributed by atoms with van der Waals surface area (Å²) >= 11 is 1.94. The summed E-state index contributed by atoms with van der Waals surface area (Å²) in [6, 6.07) is 8.67. The number of aryl methyl sites for hydroxylation is 1. The fraction of sp³-hybridized carbons (Fsp3) is 0.524. The molecule has 2 aromatic rings. The molecule has 138 valence electrons. The molecule has 1 saturated heterocycles. The minimum atomic E-state index is 0.649. The van der Waals surface area contributed by atoms with Crippen LogP contribution in [-0.2, 0) is 24.2 Å². The molecule has 4 nitrogen and oxygen atoms in total. The SMILES string of the molecule is c1cc2c(c(N3CCN(C[C@@H]4CCc5sccc5C4)CC3)c1)CCOO2. The third-order valence-corrected chi connectivity index (χ3v) is 7.07. The monoisotopic (exact) mass is 370 g/mol. The van der Waals surface area contributed by atoms with E-state index in [0.717, 1.165) is 44.3 Å². The molecule has 3 heterocycles. The van der Waals surface area contributed by atoms with Gasteiger partial charge >= 0.3 is 0 Å². The van der Waals surface area contributed by atoms with Crippen LogP contribution in [0.25, 0.3) is 0 Å². The normalized spacial score (nSPS) is 23.2. The molecule has 0 radical (unpaired) electrons. The van der Waals surface area contributed by atoms with Crippen molar-refractivity contribution in [3.8, 4) is 5.75 Å². The standard InChI is InChI=1S/C21H26N2O2S/c1-2-19(18-6-12-24-25-20(18)3-1)23-10-8-22(9-11-23)15-16-4-5-21-17(14-16)7-13-26-21/h1-3,7,13,16H,4-6,8-12,14-15H2/t16-/m1/s1. The van der Waals surface area contributed by atoms with Crippen LogP contribution in [0.15, 0.2) is 29.6 Å². The van der Waals surface area contributed by atoms with E-state index in [1.807, 2.05) is 17.4 Å². The molecule has 26 heavy (non-hydrogen) atoms. The summed E-state index contributed by atoms with van der Waals surface area (Å²) in [6.45, 7) is 6.44. The second kappa shape index (κ2) is 7.22. The van der Waals surface area contributed by atoms with Crippen molar-refractivity contribution in [2.24, 2.45) is 5.92 Å². The van der Waals surface area contributed by atoms with Crippen molar-refractivity contribution in [3.63, 3.8) is 0 Å². The Morgan fingerprint density at radius 1 is 1.08 bits per heavy atom. The zero-order valence-corrected chi connectivity index (χ0v) is 16.0.